The zero-order valence-corrected chi connectivity index (χ0v) is 18.2. The molecule has 1 fully saturated rings. The van der Waals surface area contributed by atoms with Crippen molar-refractivity contribution in [1.29, 1.82) is 0 Å². The van der Waals surface area contributed by atoms with Gasteiger partial charge < -0.3 is 15.4 Å². The third kappa shape index (κ3) is 5.08. The molecule has 3 aromatic rings. The van der Waals surface area contributed by atoms with E-state index < -0.39 is 18.5 Å². The van der Waals surface area contributed by atoms with Crippen LogP contribution in [-0.4, -0.2) is 40.2 Å². The molecule has 2 N–H and O–H groups in total. The second-order valence-electron chi connectivity index (χ2n) is 7.84. The number of hydrogen-bond donors (Lipinski definition) is 2. The summed E-state index contributed by atoms with van der Waals surface area (Å²) in [5, 5.41) is 10.4. The maximum atomic E-state index is 12.7. The summed E-state index contributed by atoms with van der Waals surface area (Å²) in [6.45, 7) is 1.68. The molecule has 0 aliphatic heterocycles. The zero-order valence-electron chi connectivity index (χ0n) is 18.2. The van der Waals surface area contributed by atoms with E-state index in [2.05, 4.69) is 15.7 Å². The van der Waals surface area contributed by atoms with Crippen LogP contribution in [-0.2, 0) is 16.1 Å². The minimum Gasteiger partial charge on any atom is -0.451 e. The number of nitrogens with zero attached hydrogens (tertiary/aromatic N) is 2. The smallest absolute Gasteiger partial charge is 0.359 e. The predicted octanol–water partition coefficient (Wildman–Crippen LogP) is 2.49. The highest BCUT2D eigenvalue weighted by Gasteiger charge is 2.25. The van der Waals surface area contributed by atoms with Crippen molar-refractivity contribution in [2.24, 2.45) is 0 Å². The van der Waals surface area contributed by atoms with Crippen LogP contribution in [0.1, 0.15) is 47.0 Å². The van der Waals surface area contributed by atoms with E-state index >= 15 is 0 Å². The highest BCUT2D eigenvalue weighted by atomic mass is 16.5. The Labute approximate surface area is 189 Å². The van der Waals surface area contributed by atoms with Crippen molar-refractivity contribution in [1.82, 2.24) is 15.1 Å². The second-order valence-corrected chi connectivity index (χ2v) is 7.84. The van der Waals surface area contributed by atoms with Gasteiger partial charge in [-0.05, 0) is 37.5 Å². The predicted molar refractivity (Wildman–Crippen MR) is 122 cm³/mol. The first-order valence-corrected chi connectivity index (χ1v) is 10.8. The van der Waals surface area contributed by atoms with Gasteiger partial charge in [-0.2, -0.15) is 5.10 Å². The zero-order chi connectivity index (χ0) is 23.4. The molecule has 1 aliphatic rings. The molecule has 0 bridgehead atoms. The minimum absolute atomic E-state index is 0.0318. The van der Waals surface area contributed by atoms with E-state index in [1.807, 2.05) is 6.92 Å². The van der Waals surface area contributed by atoms with E-state index in [4.69, 9.17) is 4.74 Å². The van der Waals surface area contributed by atoms with Crippen molar-refractivity contribution in [2.45, 2.75) is 38.8 Å². The number of aromatic nitrogens is 2. The summed E-state index contributed by atoms with van der Waals surface area (Å²) in [5.41, 5.74) is 0.346. The largest absolute Gasteiger partial charge is 0.451 e. The normalized spacial score (nSPS) is 12.9. The van der Waals surface area contributed by atoms with Crippen LogP contribution in [0, 0.1) is 0 Å². The van der Waals surface area contributed by atoms with Crippen molar-refractivity contribution in [3.8, 4) is 0 Å². The summed E-state index contributed by atoms with van der Waals surface area (Å²) in [6, 6.07) is 13.5. The quantitative estimate of drug-likeness (QED) is 0.511. The van der Waals surface area contributed by atoms with Crippen molar-refractivity contribution in [3.05, 3.63) is 70.1 Å². The lowest BCUT2D eigenvalue weighted by molar-refractivity contribution is -0.119. The van der Waals surface area contributed by atoms with Crippen LogP contribution in [0.5, 0.6) is 0 Å². The molecule has 4 rings (SSSR count). The van der Waals surface area contributed by atoms with Gasteiger partial charge in [0, 0.05) is 18.0 Å². The van der Waals surface area contributed by atoms with Gasteiger partial charge in [0.15, 0.2) is 12.3 Å². The fourth-order valence-electron chi connectivity index (χ4n) is 3.42. The maximum Gasteiger partial charge on any atom is 0.359 e. The van der Waals surface area contributed by atoms with Crippen LogP contribution in [0.25, 0.3) is 10.8 Å². The molecule has 0 unspecified atom stereocenters. The number of fused-ring (bicyclic) bond motifs is 1. The van der Waals surface area contributed by atoms with E-state index in [9.17, 15) is 19.2 Å². The lowest BCUT2D eigenvalue weighted by atomic mass is 10.1. The summed E-state index contributed by atoms with van der Waals surface area (Å²) in [6.07, 6.45) is 2.56. The molecule has 0 radical (unpaired) electrons. The van der Waals surface area contributed by atoms with Crippen LogP contribution in [0.4, 0.5) is 5.69 Å². The average molecular weight is 448 g/mol. The molecule has 33 heavy (non-hydrogen) atoms. The monoisotopic (exact) mass is 448 g/mol. The molecule has 9 nitrogen and oxygen atoms in total. The Balaban J connectivity index is 1.47. The first-order chi connectivity index (χ1) is 16.0. The Morgan fingerprint density at radius 2 is 1.76 bits per heavy atom. The van der Waals surface area contributed by atoms with Crippen LogP contribution >= 0.6 is 0 Å². The Morgan fingerprint density at radius 1 is 1.06 bits per heavy atom. The van der Waals surface area contributed by atoms with Gasteiger partial charge in [-0.25, -0.2) is 9.48 Å². The van der Waals surface area contributed by atoms with E-state index in [1.54, 1.807) is 48.5 Å². The van der Waals surface area contributed by atoms with E-state index in [0.717, 1.165) is 12.8 Å². The van der Waals surface area contributed by atoms with Gasteiger partial charge >= 0.3 is 5.97 Å². The van der Waals surface area contributed by atoms with Crippen molar-refractivity contribution in [2.75, 3.05) is 11.9 Å². The Morgan fingerprint density at radius 3 is 2.48 bits per heavy atom. The third-order valence-electron chi connectivity index (χ3n) is 5.19. The number of esters is 1. The molecule has 9 heteroatoms. The van der Waals surface area contributed by atoms with Crippen molar-refractivity contribution < 1.29 is 19.1 Å². The fraction of sp³-hybridized carbons (Fsp3) is 0.292. The first-order valence-electron chi connectivity index (χ1n) is 10.8. The average Bonchev–Trinajstić information content (AvgIpc) is 3.64. The second kappa shape index (κ2) is 9.64. The highest BCUT2D eigenvalue weighted by molar-refractivity contribution is 6.05. The van der Waals surface area contributed by atoms with Crippen molar-refractivity contribution >= 4 is 34.2 Å². The Bertz CT molecular complexity index is 1280. The van der Waals surface area contributed by atoms with Gasteiger partial charge in [-0.3, -0.25) is 14.4 Å². The number of para-hydroxylation sites is 1. The SMILES string of the molecule is CCCn1nc(C(=O)OCC(=O)Nc2ccccc2C(=O)NC2CC2)c2ccccc2c1=O. The van der Waals surface area contributed by atoms with Crippen LogP contribution in [0.15, 0.2) is 53.3 Å². The van der Waals surface area contributed by atoms with Crippen LogP contribution in [0.2, 0.25) is 0 Å². The number of ether oxygens (including phenoxy) is 1. The number of carbonyl (C=O) groups excluding carboxylic acids is 3. The minimum atomic E-state index is -0.814. The summed E-state index contributed by atoms with van der Waals surface area (Å²) in [5.74, 6) is -1.67. The lowest BCUT2D eigenvalue weighted by Crippen LogP contribution is -2.29. The number of nitrogens with one attached hydrogen (secondary N) is 2. The maximum absolute atomic E-state index is 12.7. The first kappa shape index (κ1) is 22.2. The van der Waals surface area contributed by atoms with Gasteiger partial charge in [0.1, 0.15) is 0 Å². The number of aryl methyl sites for hydroxylation is 1. The van der Waals surface area contributed by atoms with Gasteiger partial charge in [-0.1, -0.05) is 37.3 Å². The summed E-state index contributed by atoms with van der Waals surface area (Å²) < 4.78 is 6.42. The summed E-state index contributed by atoms with van der Waals surface area (Å²) in [4.78, 5) is 50.2. The van der Waals surface area contributed by atoms with E-state index in [-0.39, 0.29) is 23.2 Å². The van der Waals surface area contributed by atoms with Gasteiger partial charge in [0.05, 0.1) is 16.6 Å². The molecule has 170 valence electrons. The van der Waals surface area contributed by atoms with E-state index in [1.165, 1.54) is 4.68 Å². The molecule has 0 spiro atoms. The Kier molecular flexibility index (Phi) is 6.48. The van der Waals surface area contributed by atoms with Crippen molar-refractivity contribution in [3.63, 3.8) is 0 Å². The van der Waals surface area contributed by atoms with Gasteiger partial charge in [0.25, 0.3) is 17.4 Å². The summed E-state index contributed by atoms with van der Waals surface area (Å²) in [7, 11) is 0. The molecule has 0 atom stereocenters. The molecule has 1 aliphatic carbocycles. The molecule has 1 aromatic heterocycles. The van der Waals surface area contributed by atoms with Crippen LogP contribution in [0.3, 0.4) is 0 Å². The number of hydrogen-bond acceptors (Lipinski definition) is 6. The molecular weight excluding hydrogens is 424 g/mol. The molecule has 1 saturated carbocycles. The molecule has 1 heterocycles. The highest BCUT2D eigenvalue weighted by Crippen LogP contribution is 2.21. The lowest BCUT2D eigenvalue weighted by Gasteiger charge is -2.12. The van der Waals surface area contributed by atoms with Crippen LogP contribution < -0.4 is 16.2 Å². The van der Waals surface area contributed by atoms with Gasteiger partial charge in [-0.15, -0.1) is 0 Å². The number of carbonyl (C=O) groups is 3. The number of benzene rings is 2. The molecule has 2 aromatic carbocycles. The topological polar surface area (TPSA) is 119 Å². The molecule has 2 amide bonds. The standard InChI is InChI=1S/C24H24N4O5/c1-2-13-28-23(31)17-8-4-3-7-16(17)21(27-28)24(32)33-14-20(29)26-19-10-6-5-9-18(19)22(30)25-15-11-12-15/h3-10,15H,2,11-14H2,1H3,(H,25,30)(H,26,29). The number of anilines is 1. The molecule has 0 saturated heterocycles. The third-order valence-corrected chi connectivity index (χ3v) is 5.19. The van der Waals surface area contributed by atoms with Gasteiger partial charge in [0.2, 0.25) is 0 Å². The Hall–Kier alpha value is -4.01. The number of amides is 2. The fourth-order valence-corrected chi connectivity index (χ4v) is 3.42. The summed E-state index contributed by atoms with van der Waals surface area (Å²) >= 11 is 0. The number of rotatable bonds is 8. The van der Waals surface area contributed by atoms with E-state index in [0.29, 0.717) is 35.0 Å². The molecular formula is C24H24N4O5.